The molecular formula is C20H24N2O6. The summed E-state index contributed by atoms with van der Waals surface area (Å²) in [6.07, 6.45) is 1.73. The Morgan fingerprint density at radius 3 is 2.36 bits per heavy atom. The van der Waals surface area contributed by atoms with Gasteiger partial charge < -0.3 is 18.6 Å². The summed E-state index contributed by atoms with van der Waals surface area (Å²) in [5.74, 6) is -1.51. The number of carbonyl (C=O) groups is 4. The highest BCUT2D eigenvalue weighted by Gasteiger charge is 2.20. The van der Waals surface area contributed by atoms with Crippen LogP contribution in [0.2, 0.25) is 0 Å². The molecule has 0 N–H and O–H groups in total. The number of esters is 2. The number of Topliss-reactive ketones (excluding diaryl/α,β-unsaturated/α-hetero) is 2. The SMILES string of the molecule is COC(=O)CCn1c(C)cc(C(=O)COC(=O)c2cc(C(C)=O)cn2C)c1C. The van der Waals surface area contributed by atoms with Gasteiger partial charge in [-0.3, -0.25) is 14.4 Å². The van der Waals surface area contributed by atoms with Crippen molar-refractivity contribution < 1.29 is 28.7 Å². The first-order valence-electron chi connectivity index (χ1n) is 8.76. The van der Waals surface area contributed by atoms with Gasteiger partial charge in [-0.15, -0.1) is 0 Å². The van der Waals surface area contributed by atoms with Crippen molar-refractivity contribution in [3.63, 3.8) is 0 Å². The Balaban J connectivity index is 2.06. The Morgan fingerprint density at radius 1 is 1.11 bits per heavy atom. The van der Waals surface area contributed by atoms with Crippen LogP contribution >= 0.6 is 0 Å². The molecule has 0 spiro atoms. The molecule has 0 atom stereocenters. The summed E-state index contributed by atoms with van der Waals surface area (Å²) >= 11 is 0. The molecule has 0 unspecified atom stereocenters. The van der Waals surface area contributed by atoms with E-state index in [2.05, 4.69) is 4.74 Å². The Morgan fingerprint density at radius 2 is 1.79 bits per heavy atom. The van der Waals surface area contributed by atoms with E-state index in [1.807, 2.05) is 11.5 Å². The normalized spacial score (nSPS) is 10.6. The summed E-state index contributed by atoms with van der Waals surface area (Å²) in [7, 11) is 2.95. The van der Waals surface area contributed by atoms with Crippen LogP contribution in [0.5, 0.6) is 0 Å². The van der Waals surface area contributed by atoms with Gasteiger partial charge in [0.15, 0.2) is 12.4 Å². The number of aryl methyl sites for hydroxylation is 2. The summed E-state index contributed by atoms with van der Waals surface area (Å²) in [4.78, 5) is 47.5. The van der Waals surface area contributed by atoms with Crippen molar-refractivity contribution in [2.24, 2.45) is 7.05 Å². The van der Waals surface area contributed by atoms with E-state index in [0.29, 0.717) is 23.4 Å². The van der Waals surface area contributed by atoms with Crippen molar-refractivity contribution in [3.8, 4) is 0 Å². The highest BCUT2D eigenvalue weighted by Crippen LogP contribution is 2.17. The molecule has 0 bridgehead atoms. The second kappa shape index (κ2) is 8.69. The second-order valence-electron chi connectivity index (χ2n) is 6.54. The lowest BCUT2D eigenvalue weighted by Crippen LogP contribution is -2.17. The molecule has 28 heavy (non-hydrogen) atoms. The minimum atomic E-state index is -0.678. The third-order valence-corrected chi connectivity index (χ3v) is 4.60. The molecule has 0 saturated heterocycles. The zero-order chi connectivity index (χ0) is 21.0. The van der Waals surface area contributed by atoms with Gasteiger partial charge in [0, 0.05) is 42.3 Å². The molecule has 8 heteroatoms. The predicted octanol–water partition coefficient (Wildman–Crippen LogP) is 2.25. The molecule has 0 aliphatic heterocycles. The van der Waals surface area contributed by atoms with Crippen LogP contribution < -0.4 is 0 Å². The van der Waals surface area contributed by atoms with Crippen molar-refractivity contribution in [2.75, 3.05) is 13.7 Å². The first kappa shape index (κ1) is 21.1. The topological polar surface area (TPSA) is 96.6 Å². The smallest absolute Gasteiger partial charge is 0.355 e. The molecule has 0 fully saturated rings. The molecule has 0 radical (unpaired) electrons. The van der Waals surface area contributed by atoms with E-state index in [1.54, 1.807) is 20.0 Å². The van der Waals surface area contributed by atoms with E-state index in [-0.39, 0.29) is 29.7 Å². The van der Waals surface area contributed by atoms with Crippen molar-refractivity contribution in [3.05, 3.63) is 46.5 Å². The third kappa shape index (κ3) is 4.57. The zero-order valence-electron chi connectivity index (χ0n) is 16.7. The number of ketones is 2. The van der Waals surface area contributed by atoms with Gasteiger partial charge in [-0.1, -0.05) is 0 Å². The second-order valence-corrected chi connectivity index (χ2v) is 6.54. The Kier molecular flexibility index (Phi) is 6.56. The van der Waals surface area contributed by atoms with Crippen LogP contribution in [0.4, 0.5) is 0 Å². The number of ether oxygens (including phenoxy) is 2. The van der Waals surface area contributed by atoms with Gasteiger partial charge in [-0.2, -0.15) is 0 Å². The highest BCUT2D eigenvalue weighted by atomic mass is 16.5. The molecule has 0 aromatic carbocycles. The third-order valence-electron chi connectivity index (χ3n) is 4.60. The lowest BCUT2D eigenvalue weighted by Gasteiger charge is -2.09. The van der Waals surface area contributed by atoms with E-state index in [1.165, 1.54) is 30.9 Å². The van der Waals surface area contributed by atoms with E-state index in [9.17, 15) is 19.2 Å². The van der Waals surface area contributed by atoms with Crippen LogP contribution in [0.3, 0.4) is 0 Å². The van der Waals surface area contributed by atoms with Crippen molar-refractivity contribution in [1.29, 1.82) is 0 Å². The van der Waals surface area contributed by atoms with Crippen LogP contribution in [-0.2, 0) is 27.9 Å². The quantitative estimate of drug-likeness (QED) is 0.508. The molecule has 0 aliphatic rings. The molecule has 2 heterocycles. The molecule has 150 valence electrons. The van der Waals surface area contributed by atoms with Crippen LogP contribution in [0.1, 0.15) is 55.9 Å². The van der Waals surface area contributed by atoms with Gasteiger partial charge in [0.1, 0.15) is 5.69 Å². The fraction of sp³-hybridized carbons (Fsp3) is 0.400. The maximum Gasteiger partial charge on any atom is 0.355 e. The highest BCUT2D eigenvalue weighted by molar-refractivity contribution is 6.01. The van der Waals surface area contributed by atoms with Crippen LogP contribution in [0, 0.1) is 13.8 Å². The Bertz CT molecular complexity index is 935. The van der Waals surface area contributed by atoms with Crippen LogP contribution in [-0.4, -0.2) is 46.4 Å². The maximum atomic E-state index is 12.5. The lowest BCUT2D eigenvalue weighted by molar-refractivity contribution is -0.140. The van der Waals surface area contributed by atoms with Gasteiger partial charge in [0.25, 0.3) is 0 Å². The van der Waals surface area contributed by atoms with Gasteiger partial charge in [-0.25, -0.2) is 4.79 Å². The number of carbonyl (C=O) groups excluding carboxylic acids is 4. The van der Waals surface area contributed by atoms with Crippen LogP contribution in [0.15, 0.2) is 18.3 Å². The van der Waals surface area contributed by atoms with Gasteiger partial charge >= 0.3 is 11.9 Å². The largest absolute Gasteiger partial charge is 0.469 e. The molecular weight excluding hydrogens is 364 g/mol. The van der Waals surface area contributed by atoms with Crippen molar-refractivity contribution in [2.45, 2.75) is 33.7 Å². The summed E-state index contributed by atoms with van der Waals surface area (Å²) < 4.78 is 13.1. The van der Waals surface area contributed by atoms with E-state index >= 15 is 0 Å². The molecule has 0 aliphatic carbocycles. The molecule has 8 nitrogen and oxygen atoms in total. The number of aromatic nitrogens is 2. The monoisotopic (exact) mass is 388 g/mol. The fourth-order valence-corrected chi connectivity index (χ4v) is 2.98. The first-order valence-corrected chi connectivity index (χ1v) is 8.76. The van der Waals surface area contributed by atoms with Crippen molar-refractivity contribution in [1.82, 2.24) is 9.13 Å². The molecule has 2 aromatic rings. The predicted molar refractivity (Wildman–Crippen MR) is 101 cm³/mol. The van der Waals surface area contributed by atoms with Crippen molar-refractivity contribution >= 4 is 23.5 Å². The van der Waals surface area contributed by atoms with Crippen LogP contribution in [0.25, 0.3) is 0 Å². The summed E-state index contributed by atoms with van der Waals surface area (Å²) in [6.45, 7) is 5.00. The summed E-state index contributed by atoms with van der Waals surface area (Å²) in [5.41, 5.74) is 2.55. The number of hydrogen-bond donors (Lipinski definition) is 0. The average Bonchev–Trinajstić information content (AvgIpc) is 3.17. The molecule has 0 saturated carbocycles. The number of hydrogen-bond acceptors (Lipinski definition) is 6. The number of nitrogens with zero attached hydrogens (tertiary/aromatic N) is 2. The number of methoxy groups -OCH3 is 1. The molecule has 2 rings (SSSR count). The average molecular weight is 388 g/mol. The van der Waals surface area contributed by atoms with E-state index in [4.69, 9.17) is 4.74 Å². The van der Waals surface area contributed by atoms with Gasteiger partial charge in [0.05, 0.1) is 13.5 Å². The Hall–Kier alpha value is -3.16. The standard InChI is InChI=1S/C20H24N2O6/c1-12-8-16(13(2)22(12)7-6-19(25)27-5)18(24)11-28-20(26)17-9-15(14(3)23)10-21(17)4/h8-10H,6-7,11H2,1-5H3. The molecule has 0 amide bonds. The lowest BCUT2D eigenvalue weighted by atomic mass is 10.1. The van der Waals surface area contributed by atoms with E-state index < -0.39 is 12.6 Å². The summed E-state index contributed by atoms with van der Waals surface area (Å²) in [5, 5.41) is 0. The minimum Gasteiger partial charge on any atom is -0.469 e. The fourth-order valence-electron chi connectivity index (χ4n) is 2.98. The Labute approximate surface area is 163 Å². The minimum absolute atomic E-state index is 0.162. The number of rotatable bonds is 8. The van der Waals surface area contributed by atoms with Gasteiger partial charge in [0.2, 0.25) is 5.78 Å². The summed E-state index contributed by atoms with van der Waals surface area (Å²) in [6, 6.07) is 3.15. The molecule has 2 aromatic heterocycles. The van der Waals surface area contributed by atoms with Gasteiger partial charge in [-0.05, 0) is 32.9 Å². The first-order chi connectivity index (χ1) is 13.1. The van der Waals surface area contributed by atoms with E-state index in [0.717, 1.165) is 5.69 Å². The maximum absolute atomic E-state index is 12.5. The zero-order valence-corrected chi connectivity index (χ0v) is 16.7.